The Balaban J connectivity index is 2.05. The molecule has 0 spiro atoms. The first-order valence-electron chi connectivity index (χ1n) is 8.20. The number of rotatable bonds is 6. The second-order valence-corrected chi connectivity index (χ2v) is 6.60. The summed E-state index contributed by atoms with van der Waals surface area (Å²) in [6.07, 6.45) is 0.378. The summed E-state index contributed by atoms with van der Waals surface area (Å²) >= 11 is 0. The highest BCUT2D eigenvalue weighted by atomic mass is 16.3. The molecule has 2 unspecified atom stereocenters. The van der Waals surface area contributed by atoms with E-state index in [2.05, 4.69) is 10.6 Å². The highest BCUT2D eigenvalue weighted by Gasteiger charge is 2.49. The number of hydrogen-bond acceptors (Lipinski definition) is 4. The van der Waals surface area contributed by atoms with E-state index in [0.29, 0.717) is 12.1 Å². The molecule has 1 aliphatic heterocycles. The summed E-state index contributed by atoms with van der Waals surface area (Å²) in [5.74, 6) is -1.20. The van der Waals surface area contributed by atoms with Crippen molar-refractivity contribution in [2.45, 2.75) is 38.5 Å². The van der Waals surface area contributed by atoms with Crippen LogP contribution in [0.5, 0.6) is 0 Å². The number of carbonyl (C=O) groups is 3. The first kappa shape index (κ1) is 18.7. The van der Waals surface area contributed by atoms with Crippen LogP contribution < -0.4 is 16.4 Å². The van der Waals surface area contributed by atoms with E-state index in [1.807, 2.05) is 13.8 Å². The maximum Gasteiger partial charge on any atom is 0.321 e. The molecular formula is C17H24N4O4. The predicted molar refractivity (Wildman–Crippen MR) is 92.3 cm³/mol. The number of para-hydroxylation sites is 1. The van der Waals surface area contributed by atoms with Gasteiger partial charge in [0.2, 0.25) is 11.6 Å². The van der Waals surface area contributed by atoms with E-state index in [1.54, 1.807) is 30.3 Å². The first-order chi connectivity index (χ1) is 11.7. The van der Waals surface area contributed by atoms with Gasteiger partial charge in [0.05, 0.1) is 0 Å². The largest absolute Gasteiger partial charge is 0.368 e. The van der Waals surface area contributed by atoms with E-state index in [0.717, 1.165) is 0 Å². The normalized spacial score (nSPS) is 21.3. The monoisotopic (exact) mass is 348 g/mol. The number of urea groups is 1. The van der Waals surface area contributed by atoms with Gasteiger partial charge in [-0.1, -0.05) is 32.0 Å². The lowest BCUT2D eigenvalue weighted by atomic mass is 10.0. The molecule has 2 rings (SSSR count). The van der Waals surface area contributed by atoms with Crippen LogP contribution >= 0.6 is 0 Å². The number of amides is 4. The van der Waals surface area contributed by atoms with Crippen molar-refractivity contribution in [1.29, 1.82) is 0 Å². The van der Waals surface area contributed by atoms with Crippen LogP contribution in [-0.2, 0) is 9.59 Å². The van der Waals surface area contributed by atoms with Gasteiger partial charge in [0.1, 0.15) is 6.04 Å². The van der Waals surface area contributed by atoms with Gasteiger partial charge in [0.15, 0.2) is 0 Å². The van der Waals surface area contributed by atoms with Gasteiger partial charge in [-0.05, 0) is 24.5 Å². The van der Waals surface area contributed by atoms with E-state index in [4.69, 9.17) is 5.73 Å². The zero-order valence-corrected chi connectivity index (χ0v) is 14.4. The minimum atomic E-state index is -2.05. The summed E-state index contributed by atoms with van der Waals surface area (Å²) in [5, 5.41) is 15.4. The molecule has 25 heavy (non-hydrogen) atoms. The number of nitrogens with two attached hydrogens (primary N) is 1. The number of anilines is 1. The SMILES string of the molecule is CC(C)CC(C(N)=O)N1CCC(O)(NC(=O)Nc2ccccc2)C1=O. The van der Waals surface area contributed by atoms with Crippen LogP contribution in [0.2, 0.25) is 0 Å². The number of likely N-dealkylation sites (tertiary alicyclic amines) is 1. The smallest absolute Gasteiger partial charge is 0.321 e. The maximum absolute atomic E-state index is 12.6. The number of aliphatic hydroxyl groups is 1. The fourth-order valence-electron chi connectivity index (χ4n) is 2.86. The molecule has 1 saturated heterocycles. The molecule has 1 aromatic rings. The molecule has 0 radical (unpaired) electrons. The molecule has 1 aromatic carbocycles. The number of benzene rings is 1. The van der Waals surface area contributed by atoms with Crippen LogP contribution in [0.1, 0.15) is 26.7 Å². The number of hydrogen-bond donors (Lipinski definition) is 4. The number of primary amides is 1. The summed E-state index contributed by atoms with van der Waals surface area (Å²) in [6, 6.07) is 7.14. The molecule has 0 saturated carbocycles. The Kier molecular flexibility index (Phi) is 5.63. The maximum atomic E-state index is 12.6. The quantitative estimate of drug-likeness (QED) is 0.563. The van der Waals surface area contributed by atoms with Crippen LogP contribution in [-0.4, -0.2) is 46.2 Å². The van der Waals surface area contributed by atoms with E-state index in [9.17, 15) is 19.5 Å². The van der Waals surface area contributed by atoms with Gasteiger partial charge in [0, 0.05) is 18.7 Å². The third-order valence-electron chi connectivity index (χ3n) is 4.08. The van der Waals surface area contributed by atoms with Crippen LogP contribution in [0.15, 0.2) is 30.3 Å². The van der Waals surface area contributed by atoms with Gasteiger partial charge in [-0.25, -0.2) is 4.79 Å². The number of nitrogens with zero attached hydrogens (tertiary/aromatic N) is 1. The minimum absolute atomic E-state index is 0.0179. The molecule has 8 nitrogen and oxygen atoms in total. The van der Waals surface area contributed by atoms with E-state index < -0.39 is 29.6 Å². The zero-order valence-electron chi connectivity index (χ0n) is 14.4. The van der Waals surface area contributed by atoms with Gasteiger partial charge < -0.3 is 26.4 Å². The lowest BCUT2D eigenvalue weighted by Gasteiger charge is -2.28. The second-order valence-electron chi connectivity index (χ2n) is 6.60. The fourth-order valence-corrected chi connectivity index (χ4v) is 2.86. The standard InChI is InChI=1S/C17H24N4O4/c1-11(2)10-13(14(18)22)21-9-8-17(25,15(21)23)20-16(24)19-12-6-4-3-5-7-12/h3-7,11,13,25H,8-10H2,1-2H3,(H2,18,22)(H2,19,20,24). The van der Waals surface area contributed by atoms with Crippen molar-refractivity contribution in [2.24, 2.45) is 11.7 Å². The summed E-state index contributed by atoms with van der Waals surface area (Å²) < 4.78 is 0. The Hall–Kier alpha value is -2.61. The van der Waals surface area contributed by atoms with Crippen LogP contribution in [0.3, 0.4) is 0 Å². The lowest BCUT2D eigenvalue weighted by molar-refractivity contribution is -0.149. The minimum Gasteiger partial charge on any atom is -0.368 e. The van der Waals surface area contributed by atoms with Crippen molar-refractivity contribution in [3.8, 4) is 0 Å². The van der Waals surface area contributed by atoms with Gasteiger partial charge >= 0.3 is 6.03 Å². The third kappa shape index (κ3) is 4.48. The molecular weight excluding hydrogens is 324 g/mol. The molecule has 1 fully saturated rings. The lowest BCUT2D eigenvalue weighted by Crippen LogP contribution is -2.57. The molecule has 0 aliphatic carbocycles. The zero-order chi connectivity index (χ0) is 18.6. The molecule has 0 aromatic heterocycles. The summed E-state index contributed by atoms with van der Waals surface area (Å²) in [4.78, 5) is 37.6. The summed E-state index contributed by atoms with van der Waals surface area (Å²) in [6.45, 7) is 3.96. The van der Waals surface area contributed by atoms with E-state index in [-0.39, 0.29) is 18.9 Å². The Labute approximate surface area is 146 Å². The van der Waals surface area contributed by atoms with Gasteiger partial charge in [-0.3, -0.25) is 9.59 Å². The molecule has 8 heteroatoms. The third-order valence-corrected chi connectivity index (χ3v) is 4.08. The summed E-state index contributed by atoms with van der Waals surface area (Å²) in [5.41, 5.74) is 3.88. The van der Waals surface area contributed by atoms with Crippen LogP contribution in [0.4, 0.5) is 10.5 Å². The van der Waals surface area contributed by atoms with Crippen molar-refractivity contribution in [3.05, 3.63) is 30.3 Å². The Bertz CT molecular complexity index is 649. The van der Waals surface area contributed by atoms with Crippen LogP contribution in [0, 0.1) is 5.92 Å². The first-order valence-corrected chi connectivity index (χ1v) is 8.20. The molecule has 5 N–H and O–H groups in total. The molecule has 136 valence electrons. The molecule has 4 amide bonds. The van der Waals surface area contributed by atoms with Crippen LogP contribution in [0.25, 0.3) is 0 Å². The highest BCUT2D eigenvalue weighted by Crippen LogP contribution is 2.25. The number of nitrogens with one attached hydrogen (secondary N) is 2. The van der Waals surface area contributed by atoms with E-state index >= 15 is 0 Å². The van der Waals surface area contributed by atoms with Crippen molar-refractivity contribution >= 4 is 23.5 Å². The summed E-state index contributed by atoms with van der Waals surface area (Å²) in [7, 11) is 0. The average molecular weight is 348 g/mol. The van der Waals surface area contributed by atoms with Crippen molar-refractivity contribution in [3.63, 3.8) is 0 Å². The molecule has 1 heterocycles. The van der Waals surface area contributed by atoms with Gasteiger partial charge in [-0.2, -0.15) is 0 Å². The average Bonchev–Trinajstić information content (AvgIpc) is 2.81. The van der Waals surface area contributed by atoms with Gasteiger partial charge in [0.25, 0.3) is 5.91 Å². The Morgan fingerprint density at radius 2 is 1.96 bits per heavy atom. The number of carbonyl (C=O) groups excluding carboxylic acids is 3. The topological polar surface area (TPSA) is 125 Å². The molecule has 0 bridgehead atoms. The second kappa shape index (κ2) is 7.52. The van der Waals surface area contributed by atoms with Gasteiger partial charge in [-0.15, -0.1) is 0 Å². The van der Waals surface area contributed by atoms with Crippen molar-refractivity contribution < 1.29 is 19.5 Å². The highest BCUT2D eigenvalue weighted by molar-refractivity contribution is 5.97. The fraction of sp³-hybridized carbons (Fsp3) is 0.471. The van der Waals surface area contributed by atoms with Crippen molar-refractivity contribution in [1.82, 2.24) is 10.2 Å². The molecule has 2 atom stereocenters. The Morgan fingerprint density at radius 1 is 1.32 bits per heavy atom. The Morgan fingerprint density at radius 3 is 2.52 bits per heavy atom. The predicted octanol–water partition coefficient (Wildman–Crippen LogP) is 0.629. The van der Waals surface area contributed by atoms with E-state index in [1.165, 1.54) is 4.90 Å². The van der Waals surface area contributed by atoms with Crippen molar-refractivity contribution in [2.75, 3.05) is 11.9 Å². The molecule has 1 aliphatic rings.